The maximum atomic E-state index is 11.1. The summed E-state index contributed by atoms with van der Waals surface area (Å²) in [7, 11) is 0. The average Bonchev–Trinajstić information content (AvgIpc) is 2.37. The number of aliphatic hydroxyl groups excluding tert-OH is 1. The third-order valence-corrected chi connectivity index (χ3v) is 2.30. The molecule has 0 aromatic heterocycles. The van der Waals surface area contributed by atoms with Gasteiger partial charge in [0.15, 0.2) is 12.2 Å². The average molecular weight is 333 g/mol. The standard InChI is InChI=1S/C13H19NO9/c1-8(15)21-7-13(23-10(3)17)12(22-9(2)16)5-4-11(18)6-14(19)20/h4-5,11-13,18H,6-7H2,1-3H3/b5-4+/t11-,12-,13+/m0/s1. The fraction of sp³-hybridized carbons (Fsp3) is 0.615. The van der Waals surface area contributed by atoms with Crippen LogP contribution in [0.15, 0.2) is 12.2 Å². The number of carbonyl (C=O) groups excluding carboxylic acids is 3. The molecule has 0 amide bonds. The topological polar surface area (TPSA) is 142 Å². The molecule has 0 unspecified atom stereocenters. The van der Waals surface area contributed by atoms with Crippen LogP contribution in [0.4, 0.5) is 0 Å². The second-order valence-electron chi connectivity index (χ2n) is 4.49. The highest BCUT2D eigenvalue weighted by Gasteiger charge is 2.27. The lowest BCUT2D eigenvalue weighted by molar-refractivity contribution is -0.487. The summed E-state index contributed by atoms with van der Waals surface area (Å²) in [5.41, 5.74) is 0. The molecule has 3 atom stereocenters. The van der Waals surface area contributed by atoms with E-state index in [4.69, 9.17) is 14.2 Å². The first kappa shape index (κ1) is 20.5. The number of ether oxygens (including phenoxy) is 3. The molecule has 23 heavy (non-hydrogen) atoms. The molecule has 0 saturated heterocycles. The molecule has 0 aliphatic rings. The molecule has 10 nitrogen and oxygen atoms in total. The van der Waals surface area contributed by atoms with Crippen LogP contribution < -0.4 is 0 Å². The monoisotopic (exact) mass is 333 g/mol. The summed E-state index contributed by atoms with van der Waals surface area (Å²) in [6, 6.07) is 0. The maximum absolute atomic E-state index is 11.1. The molecule has 1 N–H and O–H groups in total. The summed E-state index contributed by atoms with van der Waals surface area (Å²) in [6.45, 7) is 2.22. The summed E-state index contributed by atoms with van der Waals surface area (Å²) >= 11 is 0. The van der Waals surface area contributed by atoms with Gasteiger partial charge in [0.2, 0.25) is 6.54 Å². The van der Waals surface area contributed by atoms with Crippen molar-refractivity contribution in [2.45, 2.75) is 39.1 Å². The van der Waals surface area contributed by atoms with E-state index in [-0.39, 0.29) is 6.61 Å². The van der Waals surface area contributed by atoms with E-state index in [1.807, 2.05) is 0 Å². The van der Waals surface area contributed by atoms with E-state index in [2.05, 4.69) is 0 Å². The number of carbonyl (C=O) groups is 3. The van der Waals surface area contributed by atoms with Crippen LogP contribution in [0.25, 0.3) is 0 Å². The largest absolute Gasteiger partial charge is 0.462 e. The van der Waals surface area contributed by atoms with Gasteiger partial charge in [0.25, 0.3) is 0 Å². The normalized spacial score (nSPS) is 14.6. The Balaban J connectivity index is 5.12. The minimum Gasteiger partial charge on any atom is -0.462 e. The van der Waals surface area contributed by atoms with Gasteiger partial charge in [-0.3, -0.25) is 24.5 Å². The Morgan fingerprint density at radius 1 is 1.09 bits per heavy atom. The van der Waals surface area contributed by atoms with E-state index in [9.17, 15) is 29.6 Å². The third-order valence-electron chi connectivity index (χ3n) is 2.30. The molecular weight excluding hydrogens is 314 g/mol. The van der Waals surface area contributed by atoms with Gasteiger partial charge < -0.3 is 19.3 Å². The maximum Gasteiger partial charge on any atom is 0.303 e. The van der Waals surface area contributed by atoms with Crippen LogP contribution in [-0.2, 0) is 28.6 Å². The van der Waals surface area contributed by atoms with Gasteiger partial charge in [0.1, 0.15) is 12.7 Å². The van der Waals surface area contributed by atoms with Gasteiger partial charge in [0.05, 0.1) is 0 Å². The van der Waals surface area contributed by atoms with E-state index >= 15 is 0 Å². The van der Waals surface area contributed by atoms with Crippen molar-refractivity contribution in [3.05, 3.63) is 22.3 Å². The van der Waals surface area contributed by atoms with Gasteiger partial charge in [0, 0.05) is 25.7 Å². The molecule has 0 bridgehead atoms. The number of esters is 3. The lowest BCUT2D eigenvalue weighted by atomic mass is 10.1. The zero-order valence-electron chi connectivity index (χ0n) is 13.0. The number of nitrogens with zero attached hydrogens (tertiary/aromatic N) is 1. The molecule has 0 aliphatic heterocycles. The van der Waals surface area contributed by atoms with Crippen LogP contribution in [0, 0.1) is 10.1 Å². The Kier molecular flexibility index (Phi) is 9.16. The summed E-state index contributed by atoms with van der Waals surface area (Å²) in [6.07, 6.45) is -1.60. The van der Waals surface area contributed by atoms with E-state index in [1.54, 1.807) is 0 Å². The van der Waals surface area contributed by atoms with Crippen LogP contribution in [0.2, 0.25) is 0 Å². The van der Waals surface area contributed by atoms with Crippen molar-refractivity contribution in [1.29, 1.82) is 0 Å². The second-order valence-corrected chi connectivity index (χ2v) is 4.49. The molecule has 0 spiro atoms. The molecule has 130 valence electrons. The van der Waals surface area contributed by atoms with Crippen molar-refractivity contribution in [3.63, 3.8) is 0 Å². The van der Waals surface area contributed by atoms with Crippen molar-refractivity contribution in [3.8, 4) is 0 Å². The summed E-state index contributed by atoms with van der Waals surface area (Å²) in [4.78, 5) is 42.7. The van der Waals surface area contributed by atoms with E-state index in [1.165, 1.54) is 0 Å². The molecule has 0 saturated carbocycles. The van der Waals surface area contributed by atoms with Crippen LogP contribution >= 0.6 is 0 Å². The van der Waals surface area contributed by atoms with E-state index in [0.29, 0.717) is 0 Å². The second kappa shape index (κ2) is 10.3. The van der Waals surface area contributed by atoms with Crippen LogP contribution in [0.3, 0.4) is 0 Å². The van der Waals surface area contributed by atoms with Gasteiger partial charge in [-0.25, -0.2) is 0 Å². The number of nitro groups is 1. The predicted octanol–water partition coefficient (Wildman–Crippen LogP) is -0.393. The lowest BCUT2D eigenvalue weighted by Crippen LogP contribution is -2.37. The van der Waals surface area contributed by atoms with Crippen LogP contribution in [0.1, 0.15) is 20.8 Å². The van der Waals surface area contributed by atoms with E-state index in [0.717, 1.165) is 32.9 Å². The van der Waals surface area contributed by atoms with E-state index < -0.39 is 47.7 Å². The minimum atomic E-state index is -1.42. The fourth-order valence-corrected chi connectivity index (χ4v) is 1.49. The Labute approximate surface area is 132 Å². The summed E-state index contributed by atoms with van der Waals surface area (Å²) < 4.78 is 14.6. The lowest BCUT2D eigenvalue weighted by Gasteiger charge is -2.23. The van der Waals surface area contributed by atoms with Crippen molar-refractivity contribution < 1.29 is 38.6 Å². The van der Waals surface area contributed by atoms with Crippen molar-refractivity contribution in [2.75, 3.05) is 13.2 Å². The smallest absolute Gasteiger partial charge is 0.303 e. The van der Waals surface area contributed by atoms with Crippen molar-refractivity contribution in [2.24, 2.45) is 0 Å². The number of rotatable bonds is 9. The van der Waals surface area contributed by atoms with Crippen molar-refractivity contribution in [1.82, 2.24) is 0 Å². The molecule has 0 aromatic rings. The van der Waals surface area contributed by atoms with Crippen LogP contribution in [-0.4, -0.2) is 59.4 Å². The fourth-order valence-electron chi connectivity index (χ4n) is 1.49. The molecular formula is C13H19NO9. The SMILES string of the molecule is CC(=O)OC[C@@H](OC(C)=O)[C@H](/C=C/[C@H](O)C[N+](=O)[O-])OC(C)=O. The molecule has 0 fully saturated rings. The molecule has 10 heteroatoms. The highest BCUT2D eigenvalue weighted by Crippen LogP contribution is 2.10. The predicted molar refractivity (Wildman–Crippen MR) is 74.7 cm³/mol. The molecule has 0 aromatic carbocycles. The highest BCUT2D eigenvalue weighted by atomic mass is 16.6. The Hall–Kier alpha value is -2.49. The van der Waals surface area contributed by atoms with Gasteiger partial charge in [-0.1, -0.05) is 0 Å². The third kappa shape index (κ3) is 10.8. The quantitative estimate of drug-likeness (QED) is 0.196. The summed E-state index contributed by atoms with van der Waals surface area (Å²) in [5, 5.41) is 19.7. The Bertz CT molecular complexity index is 474. The van der Waals surface area contributed by atoms with Crippen LogP contribution in [0.5, 0.6) is 0 Å². The molecule has 0 heterocycles. The first-order valence-electron chi connectivity index (χ1n) is 6.57. The Morgan fingerprint density at radius 2 is 1.65 bits per heavy atom. The minimum absolute atomic E-state index is 0.386. The summed E-state index contributed by atoms with van der Waals surface area (Å²) in [5.74, 6) is -2.07. The number of aliphatic hydroxyl groups is 1. The van der Waals surface area contributed by atoms with Crippen molar-refractivity contribution >= 4 is 17.9 Å². The van der Waals surface area contributed by atoms with Gasteiger partial charge in [-0.2, -0.15) is 0 Å². The molecule has 0 radical (unpaired) electrons. The van der Waals surface area contributed by atoms with Gasteiger partial charge >= 0.3 is 17.9 Å². The highest BCUT2D eigenvalue weighted by molar-refractivity contribution is 5.68. The first-order valence-corrected chi connectivity index (χ1v) is 6.57. The number of hydrogen-bond acceptors (Lipinski definition) is 9. The molecule has 0 rings (SSSR count). The Morgan fingerprint density at radius 3 is 2.09 bits per heavy atom. The zero-order valence-corrected chi connectivity index (χ0v) is 13.0. The van der Waals surface area contributed by atoms with Gasteiger partial charge in [-0.05, 0) is 12.2 Å². The van der Waals surface area contributed by atoms with Gasteiger partial charge in [-0.15, -0.1) is 0 Å². The first-order chi connectivity index (χ1) is 10.6. The zero-order chi connectivity index (χ0) is 18.0. The number of hydrogen-bond donors (Lipinski definition) is 1. The molecule has 0 aliphatic carbocycles.